The molecule has 9 heteroatoms. The van der Waals surface area contributed by atoms with Crippen molar-refractivity contribution in [2.45, 2.75) is 12.8 Å². The van der Waals surface area contributed by atoms with Gasteiger partial charge in [-0.1, -0.05) is 23.2 Å². The van der Waals surface area contributed by atoms with Crippen LogP contribution in [0, 0.1) is 17.2 Å². The Bertz CT molecular complexity index is 935. The number of piperidine rings is 1. The van der Waals surface area contributed by atoms with Crippen LogP contribution in [0.4, 0.5) is 11.5 Å². The van der Waals surface area contributed by atoms with Gasteiger partial charge in [0.05, 0.1) is 22.2 Å². The molecule has 7 nitrogen and oxygen atoms in total. The van der Waals surface area contributed by atoms with Gasteiger partial charge in [0.15, 0.2) is 0 Å². The lowest BCUT2D eigenvalue weighted by Crippen LogP contribution is -2.41. The predicted molar refractivity (Wildman–Crippen MR) is 112 cm³/mol. The zero-order chi connectivity index (χ0) is 20.8. The van der Waals surface area contributed by atoms with Crippen LogP contribution < -0.4 is 10.6 Å². The second-order valence-corrected chi connectivity index (χ2v) is 7.60. The second kappa shape index (κ2) is 9.70. The number of rotatable bonds is 5. The summed E-state index contributed by atoms with van der Waals surface area (Å²) in [6.07, 6.45) is 2.81. The summed E-state index contributed by atoms with van der Waals surface area (Å²) in [5.74, 6) is 0.113. The molecule has 0 saturated carbocycles. The van der Waals surface area contributed by atoms with E-state index >= 15 is 0 Å². The van der Waals surface area contributed by atoms with Gasteiger partial charge in [-0.15, -0.1) is 0 Å². The zero-order valence-electron chi connectivity index (χ0n) is 15.5. The predicted octanol–water partition coefficient (Wildman–Crippen LogP) is 3.55. The van der Waals surface area contributed by atoms with Gasteiger partial charge >= 0.3 is 0 Å². The molecule has 0 bridgehead atoms. The van der Waals surface area contributed by atoms with Crippen LogP contribution in [0.3, 0.4) is 0 Å². The maximum absolute atomic E-state index is 12.4. The Hall–Kier alpha value is -2.66. The van der Waals surface area contributed by atoms with Gasteiger partial charge in [-0.05, 0) is 56.3 Å². The highest BCUT2D eigenvalue weighted by Gasteiger charge is 2.26. The van der Waals surface area contributed by atoms with Gasteiger partial charge in [0.2, 0.25) is 11.8 Å². The maximum atomic E-state index is 12.4. The monoisotopic (exact) mass is 431 g/mol. The van der Waals surface area contributed by atoms with E-state index in [1.165, 1.54) is 6.20 Å². The molecule has 3 rings (SSSR count). The Morgan fingerprint density at radius 3 is 2.55 bits per heavy atom. The van der Waals surface area contributed by atoms with Crippen molar-refractivity contribution in [1.82, 2.24) is 9.88 Å². The number of nitrogens with zero attached hydrogens (tertiary/aromatic N) is 3. The van der Waals surface area contributed by atoms with Crippen molar-refractivity contribution in [2.75, 3.05) is 30.3 Å². The Balaban J connectivity index is 1.45. The maximum Gasteiger partial charge on any atom is 0.238 e. The van der Waals surface area contributed by atoms with Gasteiger partial charge < -0.3 is 10.6 Å². The SMILES string of the molecule is N#Cc1ccc(NC(=O)CN2CCC(C(=O)Nc3ccc(Cl)cn3)CC2)cc1Cl. The van der Waals surface area contributed by atoms with Crippen LogP contribution in [0.2, 0.25) is 10.0 Å². The summed E-state index contributed by atoms with van der Waals surface area (Å²) in [5.41, 5.74) is 0.905. The number of halogens is 2. The van der Waals surface area contributed by atoms with Crippen molar-refractivity contribution < 1.29 is 9.59 Å². The first kappa shape index (κ1) is 21.1. The summed E-state index contributed by atoms with van der Waals surface area (Å²) in [4.78, 5) is 30.7. The number of aromatic nitrogens is 1. The first-order valence-electron chi connectivity index (χ1n) is 9.09. The minimum absolute atomic E-state index is 0.0730. The van der Waals surface area contributed by atoms with E-state index in [0.29, 0.717) is 53.0 Å². The van der Waals surface area contributed by atoms with E-state index in [0.717, 1.165) is 0 Å². The average Bonchev–Trinajstić information content (AvgIpc) is 2.70. The van der Waals surface area contributed by atoms with E-state index in [1.807, 2.05) is 11.0 Å². The largest absolute Gasteiger partial charge is 0.325 e. The summed E-state index contributed by atoms with van der Waals surface area (Å²) in [5, 5.41) is 15.3. The van der Waals surface area contributed by atoms with Crippen LogP contribution in [0.15, 0.2) is 36.5 Å². The van der Waals surface area contributed by atoms with Crippen molar-refractivity contribution in [3.05, 3.63) is 52.1 Å². The molecule has 29 heavy (non-hydrogen) atoms. The summed E-state index contributed by atoms with van der Waals surface area (Å²) in [6, 6.07) is 10.1. The number of carbonyl (C=O) groups excluding carboxylic acids is 2. The van der Waals surface area contributed by atoms with Crippen LogP contribution in [0.25, 0.3) is 0 Å². The van der Waals surface area contributed by atoms with Gasteiger partial charge in [0.1, 0.15) is 11.9 Å². The average molecular weight is 432 g/mol. The Kier molecular flexibility index (Phi) is 7.04. The van der Waals surface area contributed by atoms with Gasteiger partial charge in [0, 0.05) is 17.8 Å². The highest BCUT2D eigenvalue weighted by Crippen LogP contribution is 2.21. The minimum Gasteiger partial charge on any atom is -0.325 e. The van der Waals surface area contributed by atoms with E-state index in [9.17, 15) is 9.59 Å². The number of pyridine rings is 1. The standard InChI is InChI=1S/C20H19Cl2N5O2/c21-15-2-4-18(24-11-15)26-20(29)13-5-7-27(8-6-13)12-19(28)25-16-3-1-14(10-23)17(22)9-16/h1-4,9,11,13H,5-8,12H2,(H,25,28)(H,24,26,29). The lowest BCUT2D eigenvalue weighted by molar-refractivity contribution is -0.121. The van der Waals surface area contributed by atoms with Crippen molar-refractivity contribution in [2.24, 2.45) is 5.92 Å². The molecule has 150 valence electrons. The van der Waals surface area contributed by atoms with E-state index in [1.54, 1.807) is 30.3 Å². The third kappa shape index (κ3) is 5.91. The van der Waals surface area contributed by atoms with E-state index in [2.05, 4.69) is 15.6 Å². The summed E-state index contributed by atoms with van der Waals surface area (Å²) >= 11 is 11.8. The first-order valence-corrected chi connectivity index (χ1v) is 9.84. The molecule has 0 atom stereocenters. The number of nitriles is 1. The Morgan fingerprint density at radius 1 is 1.17 bits per heavy atom. The highest BCUT2D eigenvalue weighted by atomic mass is 35.5. The number of hydrogen-bond acceptors (Lipinski definition) is 5. The van der Waals surface area contributed by atoms with Crippen molar-refractivity contribution in [3.8, 4) is 6.07 Å². The quantitative estimate of drug-likeness (QED) is 0.753. The van der Waals surface area contributed by atoms with Gasteiger partial charge in [-0.3, -0.25) is 14.5 Å². The molecule has 0 spiro atoms. The van der Waals surface area contributed by atoms with Gasteiger partial charge in [-0.2, -0.15) is 5.26 Å². The topological polar surface area (TPSA) is 98.1 Å². The fraction of sp³-hybridized carbons (Fsp3) is 0.300. The normalized spacial score (nSPS) is 14.8. The van der Waals surface area contributed by atoms with Crippen LogP contribution in [-0.2, 0) is 9.59 Å². The van der Waals surface area contributed by atoms with Crippen molar-refractivity contribution in [3.63, 3.8) is 0 Å². The summed E-state index contributed by atoms with van der Waals surface area (Å²) in [7, 11) is 0. The zero-order valence-corrected chi connectivity index (χ0v) is 17.0. The minimum atomic E-state index is -0.168. The first-order chi connectivity index (χ1) is 13.9. The van der Waals surface area contributed by atoms with Crippen LogP contribution in [0.1, 0.15) is 18.4 Å². The number of likely N-dealkylation sites (tertiary alicyclic amines) is 1. The molecule has 1 saturated heterocycles. The van der Waals surface area contributed by atoms with Gasteiger partial charge in [-0.25, -0.2) is 4.98 Å². The fourth-order valence-electron chi connectivity index (χ4n) is 3.12. The van der Waals surface area contributed by atoms with Crippen LogP contribution in [-0.4, -0.2) is 41.3 Å². The lowest BCUT2D eigenvalue weighted by Gasteiger charge is -2.30. The van der Waals surface area contributed by atoms with E-state index < -0.39 is 0 Å². The molecule has 1 aliphatic heterocycles. The Labute approximate surface area is 178 Å². The molecule has 1 aliphatic rings. The van der Waals surface area contributed by atoms with E-state index in [-0.39, 0.29) is 24.3 Å². The molecule has 0 radical (unpaired) electrons. The lowest BCUT2D eigenvalue weighted by atomic mass is 9.96. The van der Waals surface area contributed by atoms with Crippen LogP contribution >= 0.6 is 23.2 Å². The molecule has 2 aromatic rings. The van der Waals surface area contributed by atoms with E-state index in [4.69, 9.17) is 28.5 Å². The number of carbonyl (C=O) groups is 2. The molecular formula is C20H19Cl2N5O2. The molecule has 1 aromatic carbocycles. The Morgan fingerprint density at radius 2 is 1.93 bits per heavy atom. The van der Waals surface area contributed by atoms with Crippen molar-refractivity contribution in [1.29, 1.82) is 5.26 Å². The number of benzene rings is 1. The molecule has 2 amide bonds. The fourth-order valence-corrected chi connectivity index (χ4v) is 3.45. The van der Waals surface area contributed by atoms with Gasteiger partial charge in [0.25, 0.3) is 0 Å². The molecule has 2 heterocycles. The molecule has 0 unspecified atom stereocenters. The summed E-state index contributed by atoms with van der Waals surface area (Å²) in [6.45, 7) is 1.52. The number of hydrogen-bond donors (Lipinski definition) is 2. The molecule has 1 fully saturated rings. The van der Waals surface area contributed by atoms with Crippen molar-refractivity contribution >= 4 is 46.5 Å². The molecule has 2 N–H and O–H groups in total. The number of nitrogens with one attached hydrogen (secondary N) is 2. The molecular weight excluding hydrogens is 413 g/mol. The smallest absolute Gasteiger partial charge is 0.238 e. The highest BCUT2D eigenvalue weighted by molar-refractivity contribution is 6.32. The number of anilines is 2. The molecule has 0 aliphatic carbocycles. The molecule has 1 aromatic heterocycles. The third-order valence-electron chi connectivity index (χ3n) is 4.68. The number of amides is 2. The second-order valence-electron chi connectivity index (χ2n) is 6.76. The third-order valence-corrected chi connectivity index (χ3v) is 5.21. The summed E-state index contributed by atoms with van der Waals surface area (Å²) < 4.78 is 0. The van der Waals surface area contributed by atoms with Crippen LogP contribution in [0.5, 0.6) is 0 Å².